The van der Waals surface area contributed by atoms with E-state index in [-0.39, 0.29) is 35.0 Å². The third kappa shape index (κ3) is 5.95. The number of likely N-dealkylation sites (tertiary alicyclic amines) is 1. The molecular weight excluding hydrogens is 562 g/mol. The van der Waals surface area contributed by atoms with Crippen LogP contribution in [0.25, 0.3) is 11.3 Å². The first-order chi connectivity index (χ1) is 20.6. The highest BCUT2D eigenvalue weighted by atomic mass is 32.1. The number of primary amides is 1. The monoisotopic (exact) mass is 605 g/mol. The number of benzene rings is 1. The Bertz CT molecular complexity index is 1370. The topological polar surface area (TPSA) is 134 Å². The van der Waals surface area contributed by atoms with Gasteiger partial charge in [0.15, 0.2) is 5.13 Å². The summed E-state index contributed by atoms with van der Waals surface area (Å²) >= 11 is 1.49. The number of aromatic nitrogens is 1. The molecule has 9 nitrogen and oxygen atoms in total. The summed E-state index contributed by atoms with van der Waals surface area (Å²) in [4.78, 5) is 59.7. The van der Waals surface area contributed by atoms with E-state index < -0.39 is 29.8 Å². The lowest BCUT2D eigenvalue weighted by molar-refractivity contribution is -0.144. The lowest BCUT2D eigenvalue weighted by Gasteiger charge is -2.37. The summed E-state index contributed by atoms with van der Waals surface area (Å²) in [5.74, 6) is -1.59. The van der Waals surface area contributed by atoms with Crippen molar-refractivity contribution in [3.63, 3.8) is 0 Å². The number of thiazole rings is 1. The Morgan fingerprint density at radius 2 is 1.77 bits per heavy atom. The largest absolute Gasteiger partial charge is 0.363 e. The first-order valence-electron chi connectivity index (χ1n) is 15.9. The van der Waals surface area contributed by atoms with Crippen LogP contribution in [0.4, 0.5) is 5.13 Å². The molecule has 3 unspecified atom stereocenters. The number of carbonyl (C=O) groups excluding carboxylic acids is 4. The molecule has 5 atom stereocenters. The van der Waals surface area contributed by atoms with E-state index in [2.05, 4.69) is 24.5 Å². The van der Waals surface area contributed by atoms with Crippen LogP contribution in [0.2, 0.25) is 0 Å². The number of hydrogen-bond acceptors (Lipinski definition) is 7. The molecule has 3 aliphatic carbocycles. The number of nitrogens with zero attached hydrogens (tertiary/aromatic N) is 2. The second-order valence-electron chi connectivity index (χ2n) is 13.6. The second-order valence-corrected chi connectivity index (χ2v) is 14.5. The van der Waals surface area contributed by atoms with Crippen molar-refractivity contribution >= 4 is 40.0 Å². The molecule has 1 aliphatic heterocycles. The summed E-state index contributed by atoms with van der Waals surface area (Å²) in [6, 6.07) is 7.83. The molecule has 230 valence electrons. The first kappa shape index (κ1) is 29.8. The Kier molecular flexibility index (Phi) is 8.33. The zero-order valence-corrected chi connectivity index (χ0v) is 25.9. The van der Waals surface area contributed by atoms with Gasteiger partial charge in [0.05, 0.1) is 11.7 Å². The van der Waals surface area contributed by atoms with E-state index in [4.69, 9.17) is 10.7 Å². The van der Waals surface area contributed by atoms with Crippen LogP contribution in [-0.2, 0) is 19.2 Å². The van der Waals surface area contributed by atoms with Gasteiger partial charge in [-0.25, -0.2) is 4.98 Å². The Morgan fingerprint density at radius 1 is 1.05 bits per heavy atom. The van der Waals surface area contributed by atoms with Crippen molar-refractivity contribution in [2.75, 3.05) is 11.9 Å². The molecule has 0 spiro atoms. The highest BCUT2D eigenvalue weighted by Crippen LogP contribution is 2.65. The van der Waals surface area contributed by atoms with Crippen LogP contribution in [0.1, 0.15) is 71.6 Å². The Morgan fingerprint density at radius 3 is 2.42 bits per heavy atom. The minimum Gasteiger partial charge on any atom is -0.363 e. The van der Waals surface area contributed by atoms with Gasteiger partial charge in [-0.15, -0.1) is 11.3 Å². The van der Waals surface area contributed by atoms with Crippen LogP contribution in [0.15, 0.2) is 35.7 Å². The number of amides is 3. The van der Waals surface area contributed by atoms with E-state index in [1.54, 1.807) is 4.90 Å². The lowest BCUT2D eigenvalue weighted by Crippen LogP contribution is -2.58. The van der Waals surface area contributed by atoms with E-state index in [9.17, 15) is 19.2 Å². The van der Waals surface area contributed by atoms with Gasteiger partial charge in [-0.05, 0) is 48.3 Å². The van der Waals surface area contributed by atoms with Crippen LogP contribution >= 0.6 is 11.3 Å². The predicted molar refractivity (Wildman–Crippen MR) is 166 cm³/mol. The lowest BCUT2D eigenvalue weighted by atomic mass is 9.80. The van der Waals surface area contributed by atoms with Crippen molar-refractivity contribution in [3.05, 3.63) is 35.7 Å². The molecule has 1 aromatic heterocycles. The van der Waals surface area contributed by atoms with Gasteiger partial charge >= 0.3 is 0 Å². The normalized spacial score (nSPS) is 26.1. The van der Waals surface area contributed by atoms with Crippen molar-refractivity contribution in [1.29, 1.82) is 0 Å². The maximum absolute atomic E-state index is 14.5. The second kappa shape index (κ2) is 12.0. The van der Waals surface area contributed by atoms with E-state index in [0.29, 0.717) is 24.0 Å². The first-order valence-corrected chi connectivity index (χ1v) is 16.7. The van der Waals surface area contributed by atoms with E-state index >= 15 is 0 Å². The standard InChI is InChI=1S/C33H43N5O4S/c1-33(2)22-17-38(27(25(22)33)30(41)35-23(28(39)29(34)40)16-19-10-9-11-19)31(42)26(21-14-7-4-8-15-21)37-32-36-24(18-43-32)20-12-5-3-6-13-20/h3,5-6,12-13,18-19,21-23,25-27H,4,7-11,14-17H2,1-2H3,(H2,34,40)(H,35,41)(H,36,37)/t22-,23?,25?,26+,27?/m1/s1. The van der Waals surface area contributed by atoms with Gasteiger partial charge in [-0.2, -0.15) is 0 Å². The molecule has 6 rings (SSSR count). The molecule has 3 saturated carbocycles. The van der Waals surface area contributed by atoms with Crippen LogP contribution in [0, 0.1) is 29.1 Å². The van der Waals surface area contributed by atoms with Crippen LogP contribution in [0.3, 0.4) is 0 Å². The number of fused-ring (bicyclic) bond motifs is 1. The van der Waals surface area contributed by atoms with Crippen molar-refractivity contribution in [1.82, 2.24) is 15.2 Å². The Hall–Kier alpha value is -3.27. The molecule has 4 N–H and O–H groups in total. The van der Waals surface area contributed by atoms with E-state index in [1.807, 2.05) is 35.7 Å². The zero-order valence-electron chi connectivity index (χ0n) is 25.1. The Balaban J connectivity index is 1.24. The van der Waals surface area contributed by atoms with Crippen molar-refractivity contribution in [2.45, 2.75) is 89.8 Å². The average molecular weight is 606 g/mol. The van der Waals surface area contributed by atoms with Crippen LogP contribution in [-0.4, -0.2) is 58.1 Å². The third-order valence-corrected chi connectivity index (χ3v) is 11.4. The number of nitrogens with one attached hydrogen (secondary N) is 2. The fourth-order valence-electron chi connectivity index (χ4n) is 7.78. The van der Waals surface area contributed by atoms with E-state index in [0.717, 1.165) is 62.6 Å². The maximum atomic E-state index is 14.5. The summed E-state index contributed by atoms with van der Waals surface area (Å²) in [5, 5.41) is 9.10. The van der Waals surface area contributed by atoms with Crippen LogP contribution < -0.4 is 16.4 Å². The predicted octanol–water partition coefficient (Wildman–Crippen LogP) is 4.38. The van der Waals surface area contributed by atoms with Gasteiger partial charge in [0.25, 0.3) is 5.91 Å². The highest BCUT2D eigenvalue weighted by molar-refractivity contribution is 7.14. The van der Waals surface area contributed by atoms with Gasteiger partial charge in [0.1, 0.15) is 12.1 Å². The SMILES string of the molecule is CC1(C)C2C(C(=O)NC(CC3CCC3)C(=O)C(N)=O)N(C(=O)[C@@H](Nc3nc(-c4ccccc4)cs3)C3CCCCC3)C[C@H]21. The summed E-state index contributed by atoms with van der Waals surface area (Å²) in [6.07, 6.45) is 8.64. The van der Waals surface area contributed by atoms with Gasteiger partial charge < -0.3 is 21.3 Å². The minimum absolute atomic E-state index is 0.000958. The third-order valence-electron chi connectivity index (χ3n) is 10.7. The summed E-state index contributed by atoms with van der Waals surface area (Å²) in [6.45, 7) is 4.79. The minimum atomic E-state index is -1.03. The zero-order chi connectivity index (χ0) is 30.3. The number of hydrogen-bond donors (Lipinski definition) is 3. The molecule has 4 aliphatic rings. The van der Waals surface area contributed by atoms with Gasteiger partial charge in [-0.3, -0.25) is 19.2 Å². The number of carbonyl (C=O) groups is 4. The number of nitrogens with two attached hydrogens (primary N) is 1. The molecule has 2 aromatic rings. The summed E-state index contributed by atoms with van der Waals surface area (Å²) in [7, 11) is 0. The summed E-state index contributed by atoms with van der Waals surface area (Å²) < 4.78 is 0. The number of anilines is 1. The average Bonchev–Trinajstić information content (AvgIpc) is 3.37. The fourth-order valence-corrected chi connectivity index (χ4v) is 8.54. The maximum Gasteiger partial charge on any atom is 0.287 e. The fraction of sp³-hybridized carbons (Fsp3) is 0.606. The van der Waals surface area contributed by atoms with Crippen LogP contribution in [0.5, 0.6) is 0 Å². The Labute approximate surface area is 257 Å². The van der Waals surface area contributed by atoms with E-state index in [1.165, 1.54) is 11.3 Å². The van der Waals surface area contributed by atoms with Crippen molar-refractivity contribution in [2.24, 2.45) is 34.8 Å². The molecule has 10 heteroatoms. The molecule has 1 aromatic carbocycles. The number of Topliss-reactive ketones (excluding diaryl/α,β-unsaturated/α-hetero) is 1. The van der Waals surface area contributed by atoms with Gasteiger partial charge in [-0.1, -0.05) is 82.7 Å². The number of rotatable bonds is 11. The number of ketones is 1. The molecule has 3 amide bonds. The molecule has 1 saturated heterocycles. The molecule has 0 bridgehead atoms. The molecule has 0 radical (unpaired) electrons. The molecule has 4 fully saturated rings. The molecular formula is C33H43N5O4S. The number of piperidine rings is 1. The van der Waals surface area contributed by atoms with Crippen molar-refractivity contribution < 1.29 is 19.2 Å². The quantitative estimate of drug-likeness (QED) is 0.326. The van der Waals surface area contributed by atoms with Gasteiger partial charge in [0, 0.05) is 17.5 Å². The smallest absolute Gasteiger partial charge is 0.287 e. The highest BCUT2D eigenvalue weighted by Gasteiger charge is 2.69. The van der Waals surface area contributed by atoms with Crippen molar-refractivity contribution in [3.8, 4) is 11.3 Å². The molecule has 2 heterocycles. The molecule has 43 heavy (non-hydrogen) atoms. The van der Waals surface area contributed by atoms with Gasteiger partial charge in [0.2, 0.25) is 17.6 Å². The summed E-state index contributed by atoms with van der Waals surface area (Å²) in [5.41, 5.74) is 7.18.